The molecule has 0 heterocycles. The maximum Gasteiger partial charge on any atom is 0.161 e. The second kappa shape index (κ2) is 8.13. The molecule has 0 fully saturated rings. The van der Waals surface area contributed by atoms with Crippen LogP contribution >= 0.6 is 0 Å². The summed E-state index contributed by atoms with van der Waals surface area (Å²) in [5, 5.41) is 0. The molecule has 0 aliphatic rings. The Balaban J connectivity index is 2.07. The Morgan fingerprint density at radius 1 is 0.833 bits per heavy atom. The highest BCUT2D eigenvalue weighted by Gasteiger charge is 2.11. The Bertz CT molecular complexity index is 703. The van der Waals surface area contributed by atoms with Crippen LogP contribution in [0.5, 0.6) is 0 Å². The Hall–Kier alpha value is -2.10. The first-order valence-corrected chi connectivity index (χ1v) is 8.00. The van der Waals surface area contributed by atoms with Gasteiger partial charge in [0.05, 0.1) is 0 Å². The first-order chi connectivity index (χ1) is 11.4. The van der Waals surface area contributed by atoms with Gasteiger partial charge in [0.1, 0.15) is 17.5 Å². The summed E-state index contributed by atoms with van der Waals surface area (Å²) in [6, 6.07) is 9.12. The van der Waals surface area contributed by atoms with Crippen LogP contribution in [0.1, 0.15) is 42.5 Å². The van der Waals surface area contributed by atoms with E-state index in [4.69, 9.17) is 0 Å². The van der Waals surface area contributed by atoms with Crippen molar-refractivity contribution in [3.8, 4) is 0 Å². The molecule has 0 nitrogen and oxygen atoms in total. The molecule has 0 bridgehead atoms. The predicted octanol–water partition coefficient (Wildman–Crippen LogP) is 6.33. The molecule has 0 amide bonds. The highest BCUT2D eigenvalue weighted by atomic mass is 19.2. The summed E-state index contributed by atoms with van der Waals surface area (Å²) >= 11 is 0. The third-order valence-electron chi connectivity index (χ3n) is 3.91. The molecule has 0 N–H and O–H groups in total. The van der Waals surface area contributed by atoms with Crippen LogP contribution in [0.25, 0.3) is 5.83 Å². The van der Waals surface area contributed by atoms with E-state index < -0.39 is 23.3 Å². The van der Waals surface area contributed by atoms with Crippen LogP contribution in [0.15, 0.2) is 42.2 Å². The Morgan fingerprint density at radius 3 is 1.88 bits per heavy atom. The van der Waals surface area contributed by atoms with Gasteiger partial charge in [-0.2, -0.15) is 0 Å². The molecule has 0 saturated heterocycles. The van der Waals surface area contributed by atoms with E-state index in [9.17, 15) is 17.6 Å². The molecular weight excluding hydrogens is 316 g/mol. The van der Waals surface area contributed by atoms with E-state index in [2.05, 4.69) is 0 Å². The molecule has 24 heavy (non-hydrogen) atoms. The van der Waals surface area contributed by atoms with E-state index in [1.54, 1.807) is 12.1 Å². The predicted molar refractivity (Wildman–Crippen MR) is 89.0 cm³/mol. The lowest BCUT2D eigenvalue weighted by molar-refractivity contribution is 0.549. The van der Waals surface area contributed by atoms with Gasteiger partial charge in [0.15, 0.2) is 5.83 Å². The molecule has 4 heteroatoms. The Labute approximate surface area is 139 Å². The van der Waals surface area contributed by atoms with E-state index in [1.807, 2.05) is 6.92 Å². The lowest BCUT2D eigenvalue weighted by atomic mass is 10.00. The summed E-state index contributed by atoms with van der Waals surface area (Å²) in [4.78, 5) is 0. The molecule has 0 unspecified atom stereocenters. The monoisotopic (exact) mass is 336 g/mol. The SMILES string of the molecule is CCCc1c(F)cc(CCc2ccc(C(F)=C(C)F)cc2)cc1F. The van der Waals surface area contributed by atoms with Gasteiger partial charge >= 0.3 is 0 Å². The number of halogens is 4. The van der Waals surface area contributed by atoms with Crippen LogP contribution in [0.4, 0.5) is 17.6 Å². The molecule has 0 atom stereocenters. The molecule has 2 aromatic carbocycles. The number of allylic oxidation sites excluding steroid dienone is 1. The van der Waals surface area contributed by atoms with Gasteiger partial charge in [-0.15, -0.1) is 0 Å². The summed E-state index contributed by atoms with van der Waals surface area (Å²) in [5.74, 6) is -2.75. The second-order valence-corrected chi connectivity index (χ2v) is 5.83. The normalized spacial score (nSPS) is 12.2. The molecule has 0 radical (unpaired) electrons. The zero-order chi connectivity index (χ0) is 17.7. The van der Waals surface area contributed by atoms with Gasteiger partial charge in [0.2, 0.25) is 0 Å². The molecular formula is C20H20F4. The number of aryl methyl sites for hydroxylation is 2. The second-order valence-electron chi connectivity index (χ2n) is 5.83. The van der Waals surface area contributed by atoms with Crippen LogP contribution in [-0.4, -0.2) is 0 Å². The van der Waals surface area contributed by atoms with E-state index in [0.29, 0.717) is 31.2 Å². The number of benzene rings is 2. The first kappa shape index (κ1) is 18.2. The van der Waals surface area contributed by atoms with Gasteiger partial charge in [0, 0.05) is 11.1 Å². The molecule has 0 aromatic heterocycles. The minimum absolute atomic E-state index is 0.134. The molecule has 0 aliphatic heterocycles. The van der Waals surface area contributed by atoms with E-state index in [1.165, 1.54) is 24.3 Å². The van der Waals surface area contributed by atoms with E-state index in [0.717, 1.165) is 12.5 Å². The van der Waals surface area contributed by atoms with Crippen molar-refractivity contribution < 1.29 is 17.6 Å². The topological polar surface area (TPSA) is 0 Å². The minimum Gasteiger partial charge on any atom is -0.209 e. The largest absolute Gasteiger partial charge is 0.209 e. The highest BCUT2D eigenvalue weighted by Crippen LogP contribution is 2.22. The van der Waals surface area contributed by atoms with Crippen molar-refractivity contribution in [3.63, 3.8) is 0 Å². The molecule has 2 aromatic rings. The van der Waals surface area contributed by atoms with Crippen molar-refractivity contribution in [2.75, 3.05) is 0 Å². The fourth-order valence-electron chi connectivity index (χ4n) is 2.59. The third-order valence-corrected chi connectivity index (χ3v) is 3.91. The standard InChI is InChI=1S/C20H20F4/c1-3-4-17-18(22)11-15(12-19(17)23)6-5-14-7-9-16(10-8-14)20(24)13(2)21/h7-12H,3-6H2,1-2H3. The van der Waals surface area contributed by atoms with Gasteiger partial charge in [-0.1, -0.05) is 37.6 Å². The van der Waals surface area contributed by atoms with Crippen molar-refractivity contribution in [1.29, 1.82) is 0 Å². The zero-order valence-electron chi connectivity index (χ0n) is 13.8. The molecule has 0 spiro atoms. The number of hydrogen-bond acceptors (Lipinski definition) is 0. The summed E-state index contributed by atoms with van der Waals surface area (Å²) < 4.78 is 54.1. The van der Waals surface area contributed by atoms with Gasteiger partial charge < -0.3 is 0 Å². The lowest BCUT2D eigenvalue weighted by Gasteiger charge is -2.08. The van der Waals surface area contributed by atoms with Crippen LogP contribution < -0.4 is 0 Å². The van der Waals surface area contributed by atoms with Crippen molar-refractivity contribution in [1.82, 2.24) is 0 Å². The molecule has 2 rings (SSSR count). The van der Waals surface area contributed by atoms with E-state index in [-0.39, 0.29) is 11.1 Å². The number of rotatable bonds is 6. The minimum atomic E-state index is -0.878. The fraction of sp³-hybridized carbons (Fsp3) is 0.300. The van der Waals surface area contributed by atoms with Crippen LogP contribution in [0.3, 0.4) is 0 Å². The fourth-order valence-corrected chi connectivity index (χ4v) is 2.59. The molecule has 128 valence electrons. The average Bonchev–Trinajstić information content (AvgIpc) is 2.56. The van der Waals surface area contributed by atoms with Crippen LogP contribution in [-0.2, 0) is 19.3 Å². The van der Waals surface area contributed by atoms with Crippen LogP contribution in [0, 0.1) is 11.6 Å². The Kier molecular flexibility index (Phi) is 6.18. The zero-order valence-corrected chi connectivity index (χ0v) is 13.8. The van der Waals surface area contributed by atoms with Gasteiger partial charge in [-0.25, -0.2) is 17.6 Å². The summed E-state index contributed by atoms with van der Waals surface area (Å²) in [5.41, 5.74) is 1.79. The lowest BCUT2D eigenvalue weighted by Crippen LogP contribution is -2.00. The van der Waals surface area contributed by atoms with Crippen molar-refractivity contribution in [2.45, 2.75) is 39.5 Å². The van der Waals surface area contributed by atoms with E-state index >= 15 is 0 Å². The van der Waals surface area contributed by atoms with Crippen LogP contribution in [0.2, 0.25) is 0 Å². The number of hydrogen-bond donors (Lipinski definition) is 0. The van der Waals surface area contributed by atoms with Crippen molar-refractivity contribution in [2.24, 2.45) is 0 Å². The van der Waals surface area contributed by atoms with Crippen molar-refractivity contribution >= 4 is 5.83 Å². The Morgan fingerprint density at radius 2 is 1.38 bits per heavy atom. The maximum absolute atomic E-state index is 13.9. The molecule has 0 saturated carbocycles. The quantitative estimate of drug-likeness (QED) is 0.541. The first-order valence-electron chi connectivity index (χ1n) is 8.00. The summed E-state index contributed by atoms with van der Waals surface area (Å²) in [6.07, 6.45) is 2.10. The van der Waals surface area contributed by atoms with Gasteiger partial charge in [-0.3, -0.25) is 0 Å². The smallest absolute Gasteiger partial charge is 0.161 e. The van der Waals surface area contributed by atoms with Crippen molar-refractivity contribution in [3.05, 3.63) is 76.1 Å². The highest BCUT2D eigenvalue weighted by molar-refractivity contribution is 5.60. The summed E-state index contributed by atoms with van der Waals surface area (Å²) in [6.45, 7) is 2.94. The summed E-state index contributed by atoms with van der Waals surface area (Å²) in [7, 11) is 0. The van der Waals surface area contributed by atoms with Gasteiger partial charge in [-0.05, 0) is 49.4 Å². The maximum atomic E-state index is 13.9. The third kappa shape index (κ3) is 4.47. The average molecular weight is 336 g/mol. The van der Waals surface area contributed by atoms with Gasteiger partial charge in [0.25, 0.3) is 0 Å². The molecule has 0 aliphatic carbocycles.